The molecule has 6 heteroatoms. The van der Waals surface area contributed by atoms with Crippen molar-refractivity contribution >= 4 is 5.91 Å². The van der Waals surface area contributed by atoms with Crippen molar-refractivity contribution in [2.24, 2.45) is 5.92 Å². The minimum absolute atomic E-state index is 0.00139. The standard InChI is InChI=1S/C21H28N2O4/c1-16(2)15-27-18-7-5-17(6-8-18)21(24)22-14-19(20-4-3-11-26-20)23-9-12-25-13-10-23/h3-8,11,16,19H,9-10,12-15H2,1-2H3,(H,22,24)/t19-/m0/s1. The number of rotatable bonds is 8. The maximum absolute atomic E-state index is 12.6. The summed E-state index contributed by atoms with van der Waals surface area (Å²) >= 11 is 0. The third-order valence-electron chi connectivity index (χ3n) is 4.51. The molecule has 0 bridgehead atoms. The fraction of sp³-hybridized carbons (Fsp3) is 0.476. The molecule has 2 aromatic rings. The van der Waals surface area contributed by atoms with Crippen LogP contribution in [-0.4, -0.2) is 50.3 Å². The van der Waals surface area contributed by atoms with Gasteiger partial charge in [-0.1, -0.05) is 13.8 Å². The molecule has 27 heavy (non-hydrogen) atoms. The second-order valence-electron chi connectivity index (χ2n) is 7.12. The second-order valence-corrected chi connectivity index (χ2v) is 7.12. The first-order chi connectivity index (χ1) is 13.1. The fourth-order valence-corrected chi connectivity index (χ4v) is 3.04. The van der Waals surface area contributed by atoms with Crippen LogP contribution in [0.2, 0.25) is 0 Å². The predicted molar refractivity (Wildman–Crippen MR) is 103 cm³/mol. The zero-order valence-corrected chi connectivity index (χ0v) is 16.0. The highest BCUT2D eigenvalue weighted by molar-refractivity contribution is 5.94. The van der Waals surface area contributed by atoms with Gasteiger partial charge < -0.3 is 19.2 Å². The van der Waals surface area contributed by atoms with Crippen molar-refractivity contribution in [1.82, 2.24) is 10.2 Å². The molecule has 1 saturated heterocycles. The van der Waals surface area contributed by atoms with Crippen molar-refractivity contribution in [2.75, 3.05) is 39.5 Å². The Balaban J connectivity index is 1.58. The highest BCUT2D eigenvalue weighted by Gasteiger charge is 2.25. The largest absolute Gasteiger partial charge is 0.493 e. The molecule has 3 rings (SSSR count). The summed E-state index contributed by atoms with van der Waals surface area (Å²) < 4.78 is 16.7. The minimum atomic E-state index is -0.102. The van der Waals surface area contributed by atoms with Crippen molar-refractivity contribution in [2.45, 2.75) is 19.9 Å². The Bertz CT molecular complexity index is 691. The third-order valence-corrected chi connectivity index (χ3v) is 4.51. The van der Waals surface area contributed by atoms with Gasteiger partial charge in [0.1, 0.15) is 11.5 Å². The molecule has 2 heterocycles. The van der Waals surface area contributed by atoms with Crippen LogP contribution in [0.1, 0.15) is 36.0 Å². The van der Waals surface area contributed by atoms with Gasteiger partial charge in [-0.3, -0.25) is 9.69 Å². The van der Waals surface area contributed by atoms with Crippen molar-refractivity contribution in [3.05, 3.63) is 54.0 Å². The normalized spacial score (nSPS) is 16.3. The van der Waals surface area contributed by atoms with Gasteiger partial charge in [0.2, 0.25) is 0 Å². The fourth-order valence-electron chi connectivity index (χ4n) is 3.04. The van der Waals surface area contributed by atoms with Crippen LogP contribution in [0.25, 0.3) is 0 Å². The number of hydrogen-bond acceptors (Lipinski definition) is 5. The SMILES string of the molecule is CC(C)COc1ccc(C(=O)NC[C@@H](c2ccco2)N2CCOCC2)cc1. The van der Waals surface area contributed by atoms with E-state index in [1.807, 2.05) is 24.3 Å². The maximum atomic E-state index is 12.6. The lowest BCUT2D eigenvalue weighted by atomic mass is 10.1. The van der Waals surface area contributed by atoms with E-state index in [-0.39, 0.29) is 11.9 Å². The summed E-state index contributed by atoms with van der Waals surface area (Å²) in [6, 6.07) is 11.1. The number of ether oxygens (including phenoxy) is 2. The lowest BCUT2D eigenvalue weighted by Crippen LogP contribution is -2.43. The van der Waals surface area contributed by atoms with E-state index >= 15 is 0 Å². The van der Waals surface area contributed by atoms with Gasteiger partial charge in [-0.2, -0.15) is 0 Å². The lowest BCUT2D eigenvalue weighted by Gasteiger charge is -2.33. The zero-order valence-electron chi connectivity index (χ0n) is 16.0. The van der Waals surface area contributed by atoms with E-state index in [1.54, 1.807) is 18.4 Å². The highest BCUT2D eigenvalue weighted by Crippen LogP contribution is 2.22. The Hall–Kier alpha value is -2.31. The molecular formula is C21H28N2O4. The number of furan rings is 1. The summed E-state index contributed by atoms with van der Waals surface area (Å²) in [4.78, 5) is 14.8. The molecule has 1 atom stereocenters. The minimum Gasteiger partial charge on any atom is -0.493 e. The molecule has 1 aliphatic heterocycles. The monoisotopic (exact) mass is 372 g/mol. The predicted octanol–water partition coefficient (Wildman–Crippen LogP) is 3.12. The molecule has 1 amide bonds. The summed E-state index contributed by atoms with van der Waals surface area (Å²) in [5.41, 5.74) is 0.618. The molecule has 0 radical (unpaired) electrons. The maximum Gasteiger partial charge on any atom is 0.251 e. The average molecular weight is 372 g/mol. The van der Waals surface area contributed by atoms with Gasteiger partial charge in [0, 0.05) is 25.2 Å². The van der Waals surface area contributed by atoms with E-state index in [2.05, 4.69) is 24.1 Å². The van der Waals surface area contributed by atoms with Crippen molar-refractivity contribution in [3.8, 4) is 5.75 Å². The Morgan fingerprint density at radius 1 is 1.19 bits per heavy atom. The molecule has 1 aliphatic rings. The molecule has 0 unspecified atom stereocenters. The van der Waals surface area contributed by atoms with Gasteiger partial charge in [-0.15, -0.1) is 0 Å². The first kappa shape index (κ1) is 19.5. The molecule has 0 aliphatic carbocycles. The Morgan fingerprint density at radius 2 is 1.93 bits per heavy atom. The van der Waals surface area contributed by atoms with Crippen LogP contribution in [0.15, 0.2) is 47.1 Å². The lowest BCUT2D eigenvalue weighted by molar-refractivity contribution is 0.0118. The smallest absolute Gasteiger partial charge is 0.251 e. The summed E-state index contributed by atoms with van der Waals surface area (Å²) in [6.07, 6.45) is 1.67. The topological polar surface area (TPSA) is 63.9 Å². The molecule has 1 N–H and O–H groups in total. The van der Waals surface area contributed by atoms with E-state index < -0.39 is 0 Å². The Morgan fingerprint density at radius 3 is 2.56 bits per heavy atom. The number of morpholine rings is 1. The summed E-state index contributed by atoms with van der Waals surface area (Å²) in [5.74, 6) is 2.00. The molecule has 0 spiro atoms. The third kappa shape index (κ3) is 5.58. The summed E-state index contributed by atoms with van der Waals surface area (Å²) in [5, 5.41) is 3.03. The molecule has 0 saturated carbocycles. The Labute approximate surface area is 160 Å². The van der Waals surface area contributed by atoms with Crippen LogP contribution in [-0.2, 0) is 4.74 Å². The van der Waals surface area contributed by atoms with Crippen molar-refractivity contribution in [1.29, 1.82) is 0 Å². The number of carbonyl (C=O) groups is 1. The molecule has 1 aromatic heterocycles. The van der Waals surface area contributed by atoms with Gasteiger partial charge in [-0.25, -0.2) is 0 Å². The Kier molecular flexibility index (Phi) is 6.90. The van der Waals surface area contributed by atoms with Gasteiger partial charge in [-0.05, 0) is 42.3 Å². The van der Waals surface area contributed by atoms with Crippen LogP contribution < -0.4 is 10.1 Å². The number of nitrogens with one attached hydrogen (secondary N) is 1. The molecule has 146 valence electrons. The zero-order chi connectivity index (χ0) is 19.1. The molecule has 1 fully saturated rings. The number of amides is 1. The molecule has 1 aromatic carbocycles. The number of nitrogens with zero attached hydrogens (tertiary/aromatic N) is 1. The van der Waals surface area contributed by atoms with Gasteiger partial charge in [0.25, 0.3) is 5.91 Å². The molecule has 6 nitrogen and oxygen atoms in total. The van der Waals surface area contributed by atoms with E-state index in [9.17, 15) is 4.79 Å². The number of hydrogen-bond donors (Lipinski definition) is 1. The number of benzene rings is 1. The second kappa shape index (κ2) is 9.58. The van der Waals surface area contributed by atoms with Gasteiger partial charge >= 0.3 is 0 Å². The van der Waals surface area contributed by atoms with Crippen molar-refractivity contribution in [3.63, 3.8) is 0 Å². The van der Waals surface area contributed by atoms with E-state index in [0.29, 0.717) is 37.8 Å². The van der Waals surface area contributed by atoms with Gasteiger partial charge in [0.15, 0.2) is 0 Å². The van der Waals surface area contributed by atoms with Crippen LogP contribution in [0.3, 0.4) is 0 Å². The molecular weight excluding hydrogens is 344 g/mol. The van der Waals surface area contributed by atoms with Crippen LogP contribution in [0.5, 0.6) is 5.75 Å². The van der Waals surface area contributed by atoms with E-state index in [1.165, 1.54) is 0 Å². The highest BCUT2D eigenvalue weighted by atomic mass is 16.5. The summed E-state index contributed by atoms with van der Waals surface area (Å²) in [6.45, 7) is 8.39. The van der Waals surface area contributed by atoms with Crippen LogP contribution in [0.4, 0.5) is 0 Å². The van der Waals surface area contributed by atoms with Crippen LogP contribution >= 0.6 is 0 Å². The average Bonchev–Trinajstić information content (AvgIpc) is 3.22. The van der Waals surface area contributed by atoms with E-state index in [0.717, 1.165) is 24.6 Å². The van der Waals surface area contributed by atoms with Crippen molar-refractivity contribution < 1.29 is 18.7 Å². The first-order valence-electron chi connectivity index (χ1n) is 9.49. The first-order valence-corrected chi connectivity index (χ1v) is 9.49. The summed E-state index contributed by atoms with van der Waals surface area (Å²) in [7, 11) is 0. The van der Waals surface area contributed by atoms with E-state index in [4.69, 9.17) is 13.9 Å². The quantitative estimate of drug-likeness (QED) is 0.771. The number of carbonyl (C=O) groups excluding carboxylic acids is 1. The van der Waals surface area contributed by atoms with Gasteiger partial charge in [0.05, 0.1) is 32.1 Å². The van der Waals surface area contributed by atoms with Crippen LogP contribution in [0, 0.1) is 5.92 Å².